The van der Waals surface area contributed by atoms with E-state index in [-0.39, 0.29) is 17.7 Å². The maximum Gasteiger partial charge on any atom is 0.233 e. The lowest BCUT2D eigenvalue weighted by Gasteiger charge is -2.25. The Hall–Kier alpha value is -1.88. The molecular weight excluding hydrogens is 340 g/mol. The minimum atomic E-state index is -0.879. The Morgan fingerprint density at radius 1 is 1.16 bits per heavy atom. The molecule has 1 amide bonds. The molecule has 1 heterocycles. The number of halogens is 2. The molecule has 1 aliphatic heterocycles. The van der Waals surface area contributed by atoms with Gasteiger partial charge in [-0.15, -0.1) is 11.8 Å². The normalized spacial score (nSPS) is 17.1. The minimum absolute atomic E-state index is 0.0596. The summed E-state index contributed by atoms with van der Waals surface area (Å²) in [7, 11) is 0. The average Bonchev–Trinajstić information content (AvgIpc) is 3.06. The molecule has 1 unspecified atom stereocenters. The highest BCUT2D eigenvalue weighted by atomic mass is 32.2. The molecule has 1 fully saturated rings. The first-order valence-electron chi connectivity index (χ1n) is 8.46. The van der Waals surface area contributed by atoms with Crippen LogP contribution in [0, 0.1) is 18.6 Å². The Labute approximate surface area is 151 Å². The first-order valence-corrected chi connectivity index (χ1v) is 9.44. The molecule has 1 atom stereocenters. The Morgan fingerprint density at radius 3 is 2.64 bits per heavy atom. The minimum Gasteiger partial charge on any atom is -0.339 e. The molecule has 2 nitrogen and oxygen atoms in total. The average molecular weight is 361 g/mol. The first-order chi connectivity index (χ1) is 12.0. The zero-order chi connectivity index (χ0) is 17.8. The Balaban J connectivity index is 1.58. The van der Waals surface area contributed by atoms with Gasteiger partial charge in [-0.05, 0) is 49.9 Å². The van der Waals surface area contributed by atoms with E-state index in [4.69, 9.17) is 0 Å². The molecule has 0 saturated carbocycles. The highest BCUT2D eigenvalue weighted by Crippen LogP contribution is 2.25. The van der Waals surface area contributed by atoms with Crippen LogP contribution in [0.25, 0.3) is 0 Å². The van der Waals surface area contributed by atoms with E-state index < -0.39 is 11.6 Å². The summed E-state index contributed by atoms with van der Waals surface area (Å²) < 4.78 is 26.2. The topological polar surface area (TPSA) is 20.3 Å². The number of nitrogens with zero attached hydrogens (tertiary/aromatic N) is 1. The maximum atomic E-state index is 13.3. The fraction of sp³-hybridized carbons (Fsp3) is 0.350. The number of benzene rings is 2. The number of hydrogen-bond acceptors (Lipinski definition) is 2. The largest absolute Gasteiger partial charge is 0.339 e. The van der Waals surface area contributed by atoms with Crippen molar-refractivity contribution in [1.29, 1.82) is 0 Å². The van der Waals surface area contributed by atoms with Gasteiger partial charge in [0.1, 0.15) is 0 Å². The van der Waals surface area contributed by atoms with Crippen LogP contribution >= 0.6 is 11.8 Å². The molecular formula is C20H21F2NOS. The molecule has 25 heavy (non-hydrogen) atoms. The monoisotopic (exact) mass is 361 g/mol. The van der Waals surface area contributed by atoms with Crippen LogP contribution in [0.5, 0.6) is 0 Å². The summed E-state index contributed by atoms with van der Waals surface area (Å²) in [6.07, 6.45) is 2.88. The van der Waals surface area contributed by atoms with Gasteiger partial charge in [0.2, 0.25) is 5.91 Å². The number of aryl methyl sites for hydroxylation is 1. The second kappa shape index (κ2) is 8.00. The second-order valence-electron chi connectivity index (χ2n) is 6.44. The fourth-order valence-corrected chi connectivity index (χ4v) is 3.97. The fourth-order valence-electron chi connectivity index (χ4n) is 3.17. The summed E-state index contributed by atoms with van der Waals surface area (Å²) >= 11 is 1.25. The number of rotatable bonds is 5. The predicted molar refractivity (Wildman–Crippen MR) is 96.7 cm³/mol. The van der Waals surface area contributed by atoms with Gasteiger partial charge in [0.15, 0.2) is 11.6 Å². The van der Waals surface area contributed by atoms with Gasteiger partial charge in [0.25, 0.3) is 0 Å². The maximum absolute atomic E-state index is 13.3. The van der Waals surface area contributed by atoms with Crippen molar-refractivity contribution in [3.63, 3.8) is 0 Å². The van der Waals surface area contributed by atoms with Crippen LogP contribution in [0.2, 0.25) is 0 Å². The third kappa shape index (κ3) is 4.60. The van der Waals surface area contributed by atoms with Crippen molar-refractivity contribution in [2.45, 2.75) is 37.1 Å². The van der Waals surface area contributed by atoms with Crippen LogP contribution in [-0.4, -0.2) is 29.1 Å². The van der Waals surface area contributed by atoms with Crippen LogP contribution in [0.15, 0.2) is 47.4 Å². The SMILES string of the molecule is Cc1ccc(CC2CCCN2C(=O)CSc2ccc(F)c(F)c2)cc1. The van der Waals surface area contributed by atoms with Crippen LogP contribution in [0.3, 0.4) is 0 Å². The second-order valence-corrected chi connectivity index (χ2v) is 7.49. The lowest BCUT2D eigenvalue weighted by atomic mass is 10.0. The molecule has 0 bridgehead atoms. The molecule has 2 aromatic carbocycles. The smallest absolute Gasteiger partial charge is 0.233 e. The number of carbonyl (C=O) groups is 1. The van der Waals surface area contributed by atoms with Gasteiger partial charge in [-0.2, -0.15) is 0 Å². The van der Waals surface area contributed by atoms with Gasteiger partial charge in [0.05, 0.1) is 5.75 Å². The van der Waals surface area contributed by atoms with Crippen molar-refractivity contribution < 1.29 is 13.6 Å². The van der Waals surface area contributed by atoms with E-state index in [0.717, 1.165) is 37.9 Å². The molecule has 5 heteroatoms. The zero-order valence-corrected chi connectivity index (χ0v) is 15.0. The predicted octanol–water partition coefficient (Wildman–Crippen LogP) is 4.60. The van der Waals surface area contributed by atoms with Crippen LogP contribution in [-0.2, 0) is 11.2 Å². The highest BCUT2D eigenvalue weighted by Gasteiger charge is 2.28. The molecule has 0 radical (unpaired) electrons. The Morgan fingerprint density at radius 2 is 1.92 bits per heavy atom. The van der Waals surface area contributed by atoms with Crippen molar-refractivity contribution in [2.24, 2.45) is 0 Å². The standard InChI is InChI=1S/C20H21F2NOS/c1-14-4-6-15(7-5-14)11-16-3-2-10-23(16)20(24)13-25-17-8-9-18(21)19(22)12-17/h4-9,12,16H,2-3,10-11,13H2,1H3. The van der Waals surface area contributed by atoms with Gasteiger partial charge in [-0.25, -0.2) is 8.78 Å². The van der Waals surface area contributed by atoms with Crippen molar-refractivity contribution in [3.05, 3.63) is 65.2 Å². The van der Waals surface area contributed by atoms with Gasteiger partial charge >= 0.3 is 0 Å². The van der Waals surface area contributed by atoms with E-state index in [2.05, 4.69) is 31.2 Å². The number of thioether (sulfide) groups is 1. The quantitative estimate of drug-likeness (QED) is 0.726. The van der Waals surface area contributed by atoms with E-state index in [1.54, 1.807) is 0 Å². The van der Waals surface area contributed by atoms with Crippen LogP contribution in [0.4, 0.5) is 8.78 Å². The number of likely N-dealkylation sites (tertiary alicyclic amines) is 1. The van der Waals surface area contributed by atoms with Gasteiger partial charge < -0.3 is 4.90 Å². The third-order valence-electron chi connectivity index (χ3n) is 4.54. The summed E-state index contributed by atoms with van der Waals surface area (Å²) in [4.78, 5) is 15.1. The van der Waals surface area contributed by atoms with Gasteiger partial charge in [0, 0.05) is 17.5 Å². The van der Waals surface area contributed by atoms with Gasteiger partial charge in [-0.3, -0.25) is 4.79 Å². The molecule has 0 N–H and O–H groups in total. The van der Waals surface area contributed by atoms with E-state index in [9.17, 15) is 13.6 Å². The molecule has 132 valence electrons. The van der Waals surface area contributed by atoms with E-state index in [0.29, 0.717) is 4.90 Å². The molecule has 1 aliphatic rings. The number of amides is 1. The highest BCUT2D eigenvalue weighted by molar-refractivity contribution is 8.00. The van der Waals surface area contributed by atoms with Crippen molar-refractivity contribution in [1.82, 2.24) is 4.90 Å². The summed E-state index contributed by atoms with van der Waals surface area (Å²) in [6, 6.07) is 12.4. The number of carbonyl (C=O) groups excluding carboxylic acids is 1. The third-order valence-corrected chi connectivity index (χ3v) is 5.52. The first kappa shape index (κ1) is 17.9. The lowest BCUT2D eigenvalue weighted by molar-refractivity contribution is -0.129. The molecule has 2 aromatic rings. The molecule has 0 spiro atoms. The zero-order valence-electron chi connectivity index (χ0n) is 14.2. The number of hydrogen-bond donors (Lipinski definition) is 0. The molecule has 1 saturated heterocycles. The summed E-state index contributed by atoms with van der Waals surface area (Å²) in [5, 5.41) is 0. The Kier molecular flexibility index (Phi) is 5.74. The lowest BCUT2D eigenvalue weighted by Crippen LogP contribution is -2.37. The molecule has 0 aromatic heterocycles. The van der Waals surface area contributed by atoms with E-state index in [1.807, 2.05) is 4.90 Å². The molecule has 3 rings (SSSR count). The Bertz CT molecular complexity index is 748. The van der Waals surface area contributed by atoms with Crippen molar-refractivity contribution >= 4 is 17.7 Å². The molecule has 0 aliphatic carbocycles. The van der Waals surface area contributed by atoms with E-state index in [1.165, 1.54) is 29.0 Å². The van der Waals surface area contributed by atoms with Crippen molar-refractivity contribution in [3.8, 4) is 0 Å². The summed E-state index contributed by atoms with van der Waals surface area (Å²) in [5.74, 6) is -1.44. The van der Waals surface area contributed by atoms with E-state index >= 15 is 0 Å². The summed E-state index contributed by atoms with van der Waals surface area (Å²) in [6.45, 7) is 2.83. The van der Waals surface area contributed by atoms with Gasteiger partial charge in [-0.1, -0.05) is 29.8 Å². The van der Waals surface area contributed by atoms with Crippen LogP contribution < -0.4 is 0 Å². The summed E-state index contributed by atoms with van der Waals surface area (Å²) in [5.41, 5.74) is 2.47. The van der Waals surface area contributed by atoms with Crippen LogP contribution in [0.1, 0.15) is 24.0 Å². The van der Waals surface area contributed by atoms with Crippen molar-refractivity contribution in [2.75, 3.05) is 12.3 Å².